The Morgan fingerprint density at radius 2 is 0.842 bits per heavy atom. The minimum absolute atomic E-state index is 0.0781. The van der Waals surface area contributed by atoms with Gasteiger partial charge < -0.3 is 19.8 Å². The molecule has 3 atom stereocenters. The summed E-state index contributed by atoms with van der Waals surface area (Å²) in [5.41, 5.74) is 0. The minimum atomic E-state index is -4.30. The Bertz CT molecular complexity index is 901. The third kappa shape index (κ3) is 43.4. The van der Waals surface area contributed by atoms with Crippen molar-refractivity contribution < 1.29 is 32.9 Å². The maximum absolute atomic E-state index is 12.8. The van der Waals surface area contributed by atoms with Crippen LogP contribution in [0, 0.1) is 0 Å². The van der Waals surface area contributed by atoms with E-state index in [2.05, 4.69) is 19.2 Å². The Balaban J connectivity index is 3.94. The summed E-state index contributed by atoms with van der Waals surface area (Å²) in [6.45, 7) is 4.87. The van der Waals surface area contributed by atoms with Gasteiger partial charge in [-0.3, -0.25) is 13.8 Å². The number of aliphatic hydroxyl groups excluding tert-OH is 1. The van der Waals surface area contributed by atoms with E-state index in [4.69, 9.17) is 9.05 Å². The Hall–Kier alpha value is -0.500. The van der Waals surface area contributed by atoms with Crippen molar-refractivity contribution in [2.24, 2.45) is 0 Å². The van der Waals surface area contributed by atoms with E-state index >= 15 is 0 Å². The average Bonchev–Trinajstić information content (AvgIpc) is 3.16. The van der Waals surface area contributed by atoms with E-state index in [1.807, 2.05) is 21.1 Å². The third-order valence-corrected chi connectivity index (χ3v) is 12.6. The van der Waals surface area contributed by atoms with Crippen LogP contribution in [0.2, 0.25) is 0 Å². The van der Waals surface area contributed by atoms with Crippen molar-refractivity contribution in [1.29, 1.82) is 0 Å². The van der Waals surface area contributed by atoms with Gasteiger partial charge >= 0.3 is 7.82 Å². The molecule has 0 aromatic carbocycles. The lowest BCUT2D eigenvalue weighted by Crippen LogP contribution is -2.46. The van der Waals surface area contributed by atoms with Gasteiger partial charge in [-0.05, 0) is 12.8 Å². The maximum Gasteiger partial charge on any atom is 0.472 e. The van der Waals surface area contributed by atoms with Crippen molar-refractivity contribution in [2.45, 2.75) is 264 Å². The lowest BCUT2D eigenvalue weighted by atomic mass is 10.0. The zero-order valence-corrected chi connectivity index (χ0v) is 39.8. The first-order valence-corrected chi connectivity index (χ1v) is 26.4. The number of hydrogen-bond donors (Lipinski definition) is 3. The second-order valence-electron chi connectivity index (χ2n) is 18.6. The van der Waals surface area contributed by atoms with E-state index in [1.165, 1.54) is 186 Å². The Labute approximate surface area is 355 Å². The lowest BCUT2D eigenvalue weighted by molar-refractivity contribution is -0.870. The summed E-state index contributed by atoms with van der Waals surface area (Å²) in [4.78, 5) is 23.0. The maximum atomic E-state index is 12.8. The van der Waals surface area contributed by atoms with Gasteiger partial charge in [0.1, 0.15) is 13.2 Å². The third-order valence-electron chi connectivity index (χ3n) is 11.6. The van der Waals surface area contributed by atoms with Crippen molar-refractivity contribution in [3.8, 4) is 0 Å². The molecule has 0 spiro atoms. The summed E-state index contributed by atoms with van der Waals surface area (Å²) in [7, 11) is 1.63. The summed E-state index contributed by atoms with van der Waals surface area (Å²) in [5.74, 6) is -0.148. The topological polar surface area (TPSA) is 105 Å². The molecule has 0 aliphatic rings. The van der Waals surface area contributed by atoms with Crippen molar-refractivity contribution in [3.05, 3.63) is 0 Å². The number of likely N-dealkylation sites (N-methyl/N-ethyl adjacent to an activating group) is 1. The highest BCUT2D eigenvalue weighted by Crippen LogP contribution is 2.43. The number of carbonyl (C=O) groups excluding carboxylic acids is 1. The molecule has 0 saturated carbocycles. The van der Waals surface area contributed by atoms with Gasteiger partial charge in [0, 0.05) is 6.42 Å². The van der Waals surface area contributed by atoms with E-state index < -0.39 is 20.0 Å². The summed E-state index contributed by atoms with van der Waals surface area (Å²) in [6, 6.07) is -0.751. The highest BCUT2D eigenvalue weighted by molar-refractivity contribution is 7.47. The van der Waals surface area contributed by atoms with Crippen LogP contribution in [-0.2, 0) is 18.4 Å². The fraction of sp³-hybridized carbons (Fsp3) is 0.979. The van der Waals surface area contributed by atoms with E-state index in [0.29, 0.717) is 23.9 Å². The number of amides is 1. The molecule has 0 aliphatic carbocycles. The largest absolute Gasteiger partial charge is 0.472 e. The molecular weight excluding hydrogens is 732 g/mol. The van der Waals surface area contributed by atoms with E-state index in [0.717, 1.165) is 38.5 Å². The van der Waals surface area contributed by atoms with Crippen LogP contribution in [0.3, 0.4) is 0 Å². The first kappa shape index (κ1) is 56.5. The molecule has 3 unspecified atom stereocenters. The molecular formula is C48H100N2O6P+. The fourth-order valence-electron chi connectivity index (χ4n) is 7.64. The Morgan fingerprint density at radius 3 is 1.18 bits per heavy atom. The molecule has 0 heterocycles. The SMILES string of the molecule is CCCCCCCCCCCCCCCCCCCCCCCCCCCCCCC(O)C(COP(=O)(O)OCC[N+](C)(C)C)NC(=O)CCCCCCCCC. The zero-order valence-electron chi connectivity index (χ0n) is 38.9. The lowest BCUT2D eigenvalue weighted by Gasteiger charge is -2.26. The Morgan fingerprint density at radius 1 is 0.526 bits per heavy atom. The fourth-order valence-corrected chi connectivity index (χ4v) is 8.37. The van der Waals surface area contributed by atoms with Gasteiger partial charge in [0.05, 0.1) is 39.9 Å². The highest BCUT2D eigenvalue weighted by atomic mass is 31.2. The molecule has 0 saturated heterocycles. The second-order valence-corrected chi connectivity index (χ2v) is 20.0. The van der Waals surface area contributed by atoms with Gasteiger partial charge in [0.15, 0.2) is 0 Å². The molecule has 0 radical (unpaired) electrons. The standard InChI is InChI=1S/C48H99N2O6P/c1-6-8-10-12-14-15-16-17-18-19-20-21-22-23-24-25-26-27-28-29-30-31-32-33-34-36-37-39-41-47(51)46(45-56-57(53,54)55-44-43-50(3,4)5)49-48(52)42-40-38-35-13-11-9-7-2/h46-47,51H,6-45H2,1-5H3,(H-,49,52,53,54)/p+1. The molecule has 342 valence electrons. The number of nitrogens with one attached hydrogen (secondary N) is 1. The van der Waals surface area contributed by atoms with Crippen LogP contribution in [0.15, 0.2) is 0 Å². The number of phosphoric acid groups is 1. The predicted molar refractivity (Wildman–Crippen MR) is 245 cm³/mol. The number of carbonyl (C=O) groups is 1. The monoisotopic (exact) mass is 832 g/mol. The smallest absolute Gasteiger partial charge is 0.391 e. The van der Waals surface area contributed by atoms with Crippen LogP contribution in [0.5, 0.6) is 0 Å². The normalized spacial score (nSPS) is 14.2. The summed E-state index contributed by atoms with van der Waals surface area (Å²) in [6.07, 6.45) is 46.1. The van der Waals surface area contributed by atoms with E-state index in [1.54, 1.807) is 0 Å². The van der Waals surface area contributed by atoms with Gasteiger partial charge in [0.25, 0.3) is 0 Å². The first-order valence-electron chi connectivity index (χ1n) is 24.9. The molecule has 0 aromatic rings. The van der Waals surface area contributed by atoms with Crippen molar-refractivity contribution in [2.75, 3.05) is 40.9 Å². The molecule has 0 rings (SSSR count). The van der Waals surface area contributed by atoms with E-state index in [9.17, 15) is 19.4 Å². The van der Waals surface area contributed by atoms with Gasteiger partial charge in [-0.1, -0.05) is 232 Å². The number of aliphatic hydroxyl groups is 1. The van der Waals surface area contributed by atoms with Crippen molar-refractivity contribution in [1.82, 2.24) is 5.32 Å². The number of rotatable bonds is 46. The number of quaternary nitrogens is 1. The van der Waals surface area contributed by atoms with Crippen molar-refractivity contribution >= 4 is 13.7 Å². The molecule has 0 bridgehead atoms. The number of hydrogen-bond acceptors (Lipinski definition) is 5. The van der Waals surface area contributed by atoms with Crippen LogP contribution in [0.1, 0.15) is 251 Å². The van der Waals surface area contributed by atoms with Crippen LogP contribution >= 0.6 is 7.82 Å². The van der Waals surface area contributed by atoms with Gasteiger partial charge in [0.2, 0.25) is 5.91 Å². The Kier molecular flexibility index (Phi) is 40.5. The molecule has 0 aromatic heterocycles. The van der Waals surface area contributed by atoms with E-state index in [-0.39, 0.29) is 19.1 Å². The zero-order chi connectivity index (χ0) is 42.1. The number of unbranched alkanes of at least 4 members (excludes halogenated alkanes) is 33. The summed E-state index contributed by atoms with van der Waals surface area (Å²) in [5, 5.41) is 13.9. The molecule has 9 heteroatoms. The van der Waals surface area contributed by atoms with Crippen LogP contribution in [0.25, 0.3) is 0 Å². The van der Waals surface area contributed by atoms with Gasteiger partial charge in [-0.25, -0.2) is 4.57 Å². The van der Waals surface area contributed by atoms with Crippen LogP contribution < -0.4 is 5.32 Å². The average molecular weight is 832 g/mol. The number of nitrogens with zero attached hydrogens (tertiary/aromatic N) is 1. The van der Waals surface area contributed by atoms with Gasteiger partial charge in [-0.2, -0.15) is 0 Å². The highest BCUT2D eigenvalue weighted by Gasteiger charge is 2.28. The quantitative estimate of drug-likeness (QED) is 0.0321. The molecule has 0 fully saturated rings. The summed E-state index contributed by atoms with van der Waals surface area (Å²) < 4.78 is 23.6. The number of phosphoric ester groups is 1. The molecule has 1 amide bonds. The minimum Gasteiger partial charge on any atom is -0.391 e. The molecule has 3 N–H and O–H groups in total. The second kappa shape index (κ2) is 40.9. The van der Waals surface area contributed by atoms with Crippen LogP contribution in [-0.4, -0.2) is 73.4 Å². The summed E-state index contributed by atoms with van der Waals surface area (Å²) >= 11 is 0. The van der Waals surface area contributed by atoms with Gasteiger partial charge in [-0.15, -0.1) is 0 Å². The molecule has 0 aliphatic heterocycles. The molecule has 57 heavy (non-hydrogen) atoms. The predicted octanol–water partition coefficient (Wildman–Crippen LogP) is 14.1. The first-order chi connectivity index (χ1) is 27.5. The van der Waals surface area contributed by atoms with Crippen LogP contribution in [0.4, 0.5) is 0 Å². The van der Waals surface area contributed by atoms with Crippen molar-refractivity contribution in [3.63, 3.8) is 0 Å². The molecule has 8 nitrogen and oxygen atoms in total.